The van der Waals surface area contributed by atoms with E-state index in [0.717, 1.165) is 27.6 Å². The average Bonchev–Trinajstić information content (AvgIpc) is 2.90. The van der Waals surface area contributed by atoms with E-state index in [1.807, 2.05) is 50.4 Å². The molecule has 2 N–H and O–H groups in total. The van der Waals surface area contributed by atoms with E-state index in [4.69, 9.17) is 0 Å². The van der Waals surface area contributed by atoms with Crippen molar-refractivity contribution < 1.29 is 4.79 Å². The van der Waals surface area contributed by atoms with Crippen molar-refractivity contribution in [2.45, 2.75) is 27.2 Å². The number of fused-ring (bicyclic) bond motifs is 1. The number of nitrogens with one attached hydrogen (secondary N) is 2. The molecule has 1 heterocycles. The van der Waals surface area contributed by atoms with Gasteiger partial charge in [-0.1, -0.05) is 36.9 Å². The number of hydrogen-bond donors (Lipinski definition) is 2. The van der Waals surface area contributed by atoms with Gasteiger partial charge in [0.05, 0.1) is 0 Å². The first-order chi connectivity index (χ1) is 10.5. The Bertz CT molecular complexity index is 763. The molecule has 0 aliphatic rings. The molecular formula is C19H22N2O. The van der Waals surface area contributed by atoms with Crippen LogP contribution in [0.5, 0.6) is 0 Å². The molecule has 0 spiro atoms. The summed E-state index contributed by atoms with van der Waals surface area (Å²) in [6.45, 7) is 9.48. The third-order valence-corrected chi connectivity index (χ3v) is 3.60. The number of benzene rings is 1. The van der Waals surface area contributed by atoms with E-state index in [-0.39, 0.29) is 5.91 Å². The summed E-state index contributed by atoms with van der Waals surface area (Å²) in [5.41, 5.74) is 4.52. The van der Waals surface area contributed by atoms with Crippen LogP contribution in [-0.4, -0.2) is 10.9 Å². The van der Waals surface area contributed by atoms with E-state index in [9.17, 15) is 4.79 Å². The molecule has 3 heteroatoms. The number of allylic oxidation sites excluding steroid dienone is 4. The first kappa shape index (κ1) is 15.8. The Kier molecular flexibility index (Phi) is 4.99. The topological polar surface area (TPSA) is 44.9 Å². The van der Waals surface area contributed by atoms with E-state index in [1.54, 1.807) is 6.92 Å². The molecule has 0 aliphatic carbocycles. The highest BCUT2D eigenvalue weighted by Gasteiger charge is 2.15. The summed E-state index contributed by atoms with van der Waals surface area (Å²) in [4.78, 5) is 15.7. The summed E-state index contributed by atoms with van der Waals surface area (Å²) >= 11 is 0. The summed E-state index contributed by atoms with van der Waals surface area (Å²) in [6, 6.07) is 8.10. The van der Waals surface area contributed by atoms with Crippen LogP contribution in [0.15, 0.2) is 60.5 Å². The fourth-order valence-corrected chi connectivity index (χ4v) is 2.47. The smallest absolute Gasteiger partial charge is 0.251 e. The predicted octanol–water partition coefficient (Wildman–Crippen LogP) is 4.56. The number of aromatic amines is 1. The average molecular weight is 294 g/mol. The molecule has 0 unspecified atom stereocenters. The third kappa shape index (κ3) is 3.37. The Balaban J connectivity index is 2.52. The zero-order valence-electron chi connectivity index (χ0n) is 13.4. The van der Waals surface area contributed by atoms with Crippen LogP contribution >= 0.6 is 0 Å². The Morgan fingerprint density at radius 3 is 2.73 bits per heavy atom. The molecule has 1 aromatic carbocycles. The van der Waals surface area contributed by atoms with E-state index >= 15 is 0 Å². The second-order valence-corrected chi connectivity index (χ2v) is 5.36. The van der Waals surface area contributed by atoms with Crippen molar-refractivity contribution in [2.24, 2.45) is 0 Å². The van der Waals surface area contributed by atoms with Gasteiger partial charge in [0.15, 0.2) is 0 Å². The molecule has 0 saturated heterocycles. The molecule has 0 radical (unpaired) electrons. The molecule has 114 valence electrons. The van der Waals surface area contributed by atoms with Crippen molar-refractivity contribution in [3.63, 3.8) is 0 Å². The van der Waals surface area contributed by atoms with Crippen LogP contribution in [-0.2, 0) is 4.79 Å². The van der Waals surface area contributed by atoms with Crippen molar-refractivity contribution >= 4 is 22.4 Å². The monoisotopic (exact) mass is 294 g/mol. The van der Waals surface area contributed by atoms with Crippen molar-refractivity contribution in [2.75, 3.05) is 0 Å². The van der Waals surface area contributed by atoms with Gasteiger partial charge in [0.25, 0.3) is 5.91 Å². The van der Waals surface area contributed by atoms with Gasteiger partial charge < -0.3 is 10.3 Å². The van der Waals surface area contributed by atoms with Gasteiger partial charge in [-0.25, -0.2) is 0 Å². The molecular weight excluding hydrogens is 272 g/mol. The van der Waals surface area contributed by atoms with Crippen molar-refractivity contribution in [1.82, 2.24) is 10.3 Å². The maximum Gasteiger partial charge on any atom is 0.251 e. The minimum Gasteiger partial charge on any atom is -0.361 e. The van der Waals surface area contributed by atoms with Crippen molar-refractivity contribution in [3.05, 3.63) is 66.0 Å². The summed E-state index contributed by atoms with van der Waals surface area (Å²) in [7, 11) is 0. The first-order valence-corrected chi connectivity index (χ1v) is 7.38. The van der Waals surface area contributed by atoms with Gasteiger partial charge in [-0.05, 0) is 38.8 Å². The van der Waals surface area contributed by atoms with Gasteiger partial charge in [-0.3, -0.25) is 4.79 Å². The molecule has 0 fully saturated rings. The zero-order chi connectivity index (χ0) is 16.1. The van der Waals surface area contributed by atoms with Crippen LogP contribution in [0.3, 0.4) is 0 Å². The minimum absolute atomic E-state index is 0.0895. The summed E-state index contributed by atoms with van der Waals surface area (Å²) in [5.74, 6) is -0.0895. The first-order valence-electron chi connectivity index (χ1n) is 7.38. The highest BCUT2D eigenvalue weighted by atomic mass is 16.1. The van der Waals surface area contributed by atoms with Crippen LogP contribution in [0.2, 0.25) is 0 Å². The molecule has 2 aromatic rings. The summed E-state index contributed by atoms with van der Waals surface area (Å²) in [5, 5.41) is 3.93. The van der Waals surface area contributed by atoms with E-state index in [2.05, 4.69) is 22.9 Å². The maximum absolute atomic E-state index is 12.5. The lowest BCUT2D eigenvalue weighted by Gasteiger charge is -2.11. The fourth-order valence-electron chi connectivity index (χ4n) is 2.47. The number of para-hydroxylation sites is 1. The second kappa shape index (κ2) is 6.94. The standard InChI is InChI=1S/C19H22N2O/c1-5-6-9-15(19(22)21-13(2)3)14(4)17-12-20-18-11-8-7-10-16(17)18/h5-8,10-12,20H,2,9H2,1,3-4H3,(H,21,22)/b6-5-,15-14+. The van der Waals surface area contributed by atoms with Gasteiger partial charge in [0.2, 0.25) is 0 Å². The Hall–Kier alpha value is -2.55. The lowest BCUT2D eigenvalue weighted by molar-refractivity contribution is -0.116. The van der Waals surface area contributed by atoms with Crippen LogP contribution in [0, 0.1) is 0 Å². The molecule has 3 nitrogen and oxygen atoms in total. The fraction of sp³-hybridized carbons (Fsp3) is 0.211. The number of rotatable bonds is 5. The second-order valence-electron chi connectivity index (χ2n) is 5.36. The number of carbonyl (C=O) groups is 1. The van der Waals surface area contributed by atoms with Crippen LogP contribution in [0.4, 0.5) is 0 Å². The highest BCUT2D eigenvalue weighted by molar-refractivity contribution is 6.05. The van der Waals surface area contributed by atoms with Gasteiger partial charge in [0, 0.05) is 33.9 Å². The van der Waals surface area contributed by atoms with Gasteiger partial charge >= 0.3 is 0 Å². The van der Waals surface area contributed by atoms with E-state index in [1.165, 1.54) is 0 Å². The molecule has 2 rings (SSSR count). The molecule has 0 aliphatic heterocycles. The lowest BCUT2D eigenvalue weighted by atomic mass is 9.97. The number of carbonyl (C=O) groups excluding carboxylic acids is 1. The molecule has 22 heavy (non-hydrogen) atoms. The minimum atomic E-state index is -0.0895. The molecule has 0 saturated carbocycles. The van der Waals surface area contributed by atoms with Gasteiger partial charge in [-0.2, -0.15) is 0 Å². The quantitative estimate of drug-likeness (QED) is 0.616. The Morgan fingerprint density at radius 1 is 1.32 bits per heavy atom. The van der Waals surface area contributed by atoms with Gasteiger partial charge in [0.1, 0.15) is 0 Å². The molecule has 1 amide bonds. The highest BCUT2D eigenvalue weighted by Crippen LogP contribution is 2.28. The van der Waals surface area contributed by atoms with Crippen LogP contribution < -0.4 is 5.32 Å². The van der Waals surface area contributed by atoms with Crippen molar-refractivity contribution in [3.8, 4) is 0 Å². The Morgan fingerprint density at radius 2 is 2.05 bits per heavy atom. The predicted molar refractivity (Wildman–Crippen MR) is 93.3 cm³/mol. The summed E-state index contributed by atoms with van der Waals surface area (Å²) < 4.78 is 0. The SMILES string of the molecule is C=C(C)NC(=O)/C(C/C=C\C)=C(\C)c1c[nH]c2ccccc12. The molecule has 0 bridgehead atoms. The zero-order valence-corrected chi connectivity index (χ0v) is 13.4. The van der Waals surface area contributed by atoms with Crippen LogP contribution in [0.25, 0.3) is 16.5 Å². The largest absolute Gasteiger partial charge is 0.361 e. The van der Waals surface area contributed by atoms with E-state index in [0.29, 0.717) is 12.1 Å². The van der Waals surface area contributed by atoms with Gasteiger partial charge in [-0.15, -0.1) is 0 Å². The number of H-pyrrole nitrogens is 1. The lowest BCUT2D eigenvalue weighted by Crippen LogP contribution is -2.23. The number of hydrogen-bond acceptors (Lipinski definition) is 1. The normalized spacial score (nSPS) is 12.5. The molecule has 1 aromatic heterocycles. The maximum atomic E-state index is 12.5. The Labute approximate surface area is 131 Å². The molecule has 0 atom stereocenters. The van der Waals surface area contributed by atoms with Crippen molar-refractivity contribution in [1.29, 1.82) is 0 Å². The van der Waals surface area contributed by atoms with E-state index < -0.39 is 0 Å². The van der Waals surface area contributed by atoms with Crippen LogP contribution in [0.1, 0.15) is 32.8 Å². The number of aromatic nitrogens is 1. The summed E-state index contributed by atoms with van der Waals surface area (Å²) in [6.07, 6.45) is 6.51. The third-order valence-electron chi connectivity index (χ3n) is 3.60. The number of amides is 1.